The van der Waals surface area contributed by atoms with Crippen LogP contribution in [0.1, 0.15) is 17.0 Å². The second-order valence-electron chi connectivity index (χ2n) is 8.49. The first kappa shape index (κ1) is 20.7. The molecular weight excluding hydrogens is 396 g/mol. The van der Waals surface area contributed by atoms with Gasteiger partial charge in [-0.2, -0.15) is 0 Å². The fourth-order valence-corrected chi connectivity index (χ4v) is 4.50. The molecule has 0 saturated carbocycles. The van der Waals surface area contributed by atoms with E-state index in [1.165, 1.54) is 11.1 Å². The van der Waals surface area contributed by atoms with Gasteiger partial charge >= 0.3 is 0 Å². The zero-order chi connectivity index (χ0) is 21.8. The van der Waals surface area contributed by atoms with Gasteiger partial charge in [-0.05, 0) is 23.3 Å². The highest BCUT2D eigenvalue weighted by molar-refractivity contribution is 5.78. The summed E-state index contributed by atoms with van der Waals surface area (Å²) in [4.78, 5) is 10.1. The van der Waals surface area contributed by atoms with Gasteiger partial charge in [-0.15, -0.1) is 0 Å². The number of methoxy groups -OCH3 is 1. The number of nitrogens with zero attached hydrogens (tertiary/aromatic N) is 4. The van der Waals surface area contributed by atoms with Gasteiger partial charge in [-0.3, -0.25) is 9.80 Å². The highest BCUT2D eigenvalue weighted by Crippen LogP contribution is 2.24. The second kappa shape index (κ2) is 9.55. The molecule has 1 saturated heterocycles. The van der Waals surface area contributed by atoms with Crippen LogP contribution in [0.3, 0.4) is 0 Å². The predicted octanol–water partition coefficient (Wildman–Crippen LogP) is 4.41. The van der Waals surface area contributed by atoms with Crippen molar-refractivity contribution in [2.45, 2.75) is 19.6 Å². The van der Waals surface area contributed by atoms with Crippen LogP contribution in [0.4, 0.5) is 0 Å². The number of hydrogen-bond donors (Lipinski definition) is 0. The molecule has 3 aromatic carbocycles. The maximum atomic E-state index is 5.44. The largest absolute Gasteiger partial charge is 0.497 e. The third kappa shape index (κ3) is 4.69. The molecule has 1 fully saturated rings. The van der Waals surface area contributed by atoms with E-state index >= 15 is 0 Å². The molecule has 0 atom stereocenters. The highest BCUT2D eigenvalue weighted by Gasteiger charge is 2.20. The summed E-state index contributed by atoms with van der Waals surface area (Å²) >= 11 is 0. The molecule has 5 rings (SSSR count). The molecule has 1 aliphatic heterocycles. The molecule has 0 amide bonds. The Kier molecular flexibility index (Phi) is 6.19. The lowest BCUT2D eigenvalue weighted by molar-refractivity contribution is 0.119. The van der Waals surface area contributed by atoms with Crippen LogP contribution in [0.25, 0.3) is 11.0 Å². The van der Waals surface area contributed by atoms with Crippen LogP contribution < -0.4 is 4.74 Å². The van der Waals surface area contributed by atoms with Crippen LogP contribution in [0, 0.1) is 0 Å². The van der Waals surface area contributed by atoms with Crippen molar-refractivity contribution in [1.82, 2.24) is 19.4 Å². The summed E-state index contributed by atoms with van der Waals surface area (Å²) in [5.74, 6) is 1.97. The van der Waals surface area contributed by atoms with Gasteiger partial charge in [-0.1, -0.05) is 60.7 Å². The number of ether oxygens (including phenoxy) is 1. The standard InChI is InChI=1S/C27H30N4O/c1-32-24-12-13-26-25(18-24)28-27(31(26)20-23-10-6-3-7-11-23)21-30-16-14-29(15-17-30)19-22-8-4-2-5-9-22/h2-13,18H,14-17,19-21H2,1H3. The Bertz CT molecular complexity index is 1150. The van der Waals surface area contributed by atoms with Crippen molar-refractivity contribution in [2.24, 2.45) is 0 Å². The molecule has 32 heavy (non-hydrogen) atoms. The molecule has 1 aromatic heterocycles. The van der Waals surface area contributed by atoms with Gasteiger partial charge in [0.05, 0.1) is 24.7 Å². The molecule has 5 heteroatoms. The quantitative estimate of drug-likeness (QED) is 0.438. The van der Waals surface area contributed by atoms with E-state index in [0.717, 1.165) is 68.4 Å². The first-order chi connectivity index (χ1) is 15.8. The van der Waals surface area contributed by atoms with E-state index in [9.17, 15) is 0 Å². The van der Waals surface area contributed by atoms with Crippen molar-refractivity contribution < 1.29 is 4.74 Å². The lowest BCUT2D eigenvalue weighted by atomic mass is 10.2. The van der Waals surface area contributed by atoms with Crippen molar-refractivity contribution >= 4 is 11.0 Å². The number of fused-ring (bicyclic) bond motifs is 1. The Morgan fingerprint density at radius 1 is 0.719 bits per heavy atom. The molecular formula is C27H30N4O. The normalized spacial score (nSPS) is 15.3. The van der Waals surface area contributed by atoms with Crippen molar-refractivity contribution in [1.29, 1.82) is 0 Å². The van der Waals surface area contributed by atoms with Crippen molar-refractivity contribution in [3.8, 4) is 5.75 Å². The monoisotopic (exact) mass is 426 g/mol. The molecule has 0 N–H and O–H groups in total. The van der Waals surface area contributed by atoms with Crippen LogP contribution in [0.2, 0.25) is 0 Å². The average molecular weight is 427 g/mol. The van der Waals surface area contributed by atoms with Gasteiger partial charge < -0.3 is 9.30 Å². The van der Waals surface area contributed by atoms with Crippen LogP contribution in [0.15, 0.2) is 78.9 Å². The molecule has 0 spiro atoms. The minimum Gasteiger partial charge on any atom is -0.497 e. The molecule has 5 nitrogen and oxygen atoms in total. The topological polar surface area (TPSA) is 33.5 Å². The first-order valence-corrected chi connectivity index (χ1v) is 11.3. The average Bonchev–Trinajstić information content (AvgIpc) is 3.17. The Morgan fingerprint density at radius 3 is 1.94 bits per heavy atom. The highest BCUT2D eigenvalue weighted by atomic mass is 16.5. The lowest BCUT2D eigenvalue weighted by Crippen LogP contribution is -2.45. The van der Waals surface area contributed by atoms with Crippen molar-refractivity contribution in [3.05, 3.63) is 95.8 Å². The second-order valence-corrected chi connectivity index (χ2v) is 8.49. The molecule has 0 bridgehead atoms. The molecule has 0 unspecified atom stereocenters. The zero-order valence-corrected chi connectivity index (χ0v) is 18.7. The lowest BCUT2D eigenvalue weighted by Gasteiger charge is -2.34. The van der Waals surface area contributed by atoms with Crippen LogP contribution in [-0.2, 0) is 19.6 Å². The van der Waals surface area contributed by atoms with Crippen LogP contribution in [-0.4, -0.2) is 52.6 Å². The van der Waals surface area contributed by atoms with Gasteiger partial charge in [0.25, 0.3) is 0 Å². The van der Waals surface area contributed by atoms with Gasteiger partial charge in [0.2, 0.25) is 0 Å². The number of imidazole rings is 1. The van der Waals surface area contributed by atoms with E-state index in [-0.39, 0.29) is 0 Å². The summed E-state index contributed by atoms with van der Waals surface area (Å²) < 4.78 is 7.80. The summed E-state index contributed by atoms with van der Waals surface area (Å²) in [6.07, 6.45) is 0. The van der Waals surface area contributed by atoms with E-state index in [1.807, 2.05) is 12.1 Å². The Balaban J connectivity index is 1.32. The number of hydrogen-bond acceptors (Lipinski definition) is 4. The van der Waals surface area contributed by atoms with Gasteiger partial charge in [-0.25, -0.2) is 4.98 Å². The summed E-state index contributed by atoms with van der Waals surface area (Å²) in [5, 5.41) is 0. The molecule has 4 aromatic rings. The van der Waals surface area contributed by atoms with Crippen molar-refractivity contribution in [2.75, 3.05) is 33.3 Å². The number of rotatable bonds is 7. The summed E-state index contributed by atoms with van der Waals surface area (Å²) in [5.41, 5.74) is 4.83. The van der Waals surface area contributed by atoms with Gasteiger partial charge in [0, 0.05) is 45.3 Å². The smallest absolute Gasteiger partial charge is 0.124 e. The zero-order valence-electron chi connectivity index (χ0n) is 18.7. The Morgan fingerprint density at radius 2 is 1.31 bits per heavy atom. The van der Waals surface area contributed by atoms with Gasteiger partial charge in [0.1, 0.15) is 11.6 Å². The van der Waals surface area contributed by atoms with Gasteiger partial charge in [0.15, 0.2) is 0 Å². The maximum absolute atomic E-state index is 5.44. The summed E-state index contributed by atoms with van der Waals surface area (Å²) in [6, 6.07) is 27.6. The minimum atomic E-state index is 0.826. The fraction of sp³-hybridized carbons (Fsp3) is 0.296. The summed E-state index contributed by atoms with van der Waals surface area (Å²) in [6.45, 7) is 7.01. The van der Waals surface area contributed by atoms with E-state index in [0.29, 0.717) is 0 Å². The predicted molar refractivity (Wildman–Crippen MR) is 129 cm³/mol. The van der Waals surface area contributed by atoms with E-state index in [1.54, 1.807) is 7.11 Å². The molecule has 2 heterocycles. The van der Waals surface area contributed by atoms with Crippen LogP contribution >= 0.6 is 0 Å². The van der Waals surface area contributed by atoms with E-state index in [4.69, 9.17) is 9.72 Å². The number of piperazine rings is 1. The maximum Gasteiger partial charge on any atom is 0.124 e. The Hall–Kier alpha value is -3.15. The third-order valence-electron chi connectivity index (χ3n) is 6.30. The molecule has 1 aliphatic rings. The summed E-state index contributed by atoms with van der Waals surface area (Å²) in [7, 11) is 1.71. The fourth-order valence-electron chi connectivity index (χ4n) is 4.50. The molecule has 164 valence electrons. The minimum absolute atomic E-state index is 0.826. The Labute approximate surface area is 189 Å². The van der Waals surface area contributed by atoms with Crippen molar-refractivity contribution in [3.63, 3.8) is 0 Å². The van der Waals surface area contributed by atoms with E-state index < -0.39 is 0 Å². The van der Waals surface area contributed by atoms with Crippen LogP contribution in [0.5, 0.6) is 5.75 Å². The number of benzene rings is 3. The third-order valence-corrected chi connectivity index (χ3v) is 6.30. The molecule has 0 radical (unpaired) electrons. The SMILES string of the molecule is COc1ccc2c(c1)nc(CN1CCN(Cc3ccccc3)CC1)n2Cc1ccccc1. The first-order valence-electron chi connectivity index (χ1n) is 11.3. The van der Waals surface area contributed by atoms with E-state index in [2.05, 4.69) is 81.1 Å². The number of aromatic nitrogens is 2. The molecule has 0 aliphatic carbocycles.